The highest BCUT2D eigenvalue weighted by molar-refractivity contribution is 7.90. The molecule has 0 aliphatic carbocycles. The summed E-state index contributed by atoms with van der Waals surface area (Å²) in [6, 6.07) is 20.6. The molecule has 1 saturated heterocycles. The van der Waals surface area contributed by atoms with Crippen molar-refractivity contribution < 1.29 is 22.7 Å². The number of likely N-dealkylation sites (tertiary alicyclic amines) is 1. The maximum absolute atomic E-state index is 12.7. The quantitative estimate of drug-likeness (QED) is 0.259. The molecule has 1 aliphatic rings. The Bertz CT molecular complexity index is 1740. The van der Waals surface area contributed by atoms with Crippen LogP contribution >= 0.6 is 0 Å². The lowest BCUT2D eigenvalue weighted by Crippen LogP contribution is -2.47. The fourth-order valence-electron chi connectivity index (χ4n) is 5.14. The Hall–Kier alpha value is -4.18. The summed E-state index contributed by atoms with van der Waals surface area (Å²) in [6.45, 7) is 9.02. The van der Waals surface area contributed by atoms with Crippen LogP contribution in [-0.4, -0.2) is 60.6 Å². The Morgan fingerprint density at radius 2 is 1.79 bits per heavy atom. The first kappa shape index (κ1) is 30.3. The maximum atomic E-state index is 12.7. The van der Waals surface area contributed by atoms with Crippen molar-refractivity contribution >= 4 is 32.5 Å². The molecule has 0 unspecified atom stereocenters. The van der Waals surface area contributed by atoms with Crippen LogP contribution in [0, 0.1) is 6.92 Å². The van der Waals surface area contributed by atoms with Crippen LogP contribution < -0.4 is 10.1 Å². The predicted molar refractivity (Wildman–Crippen MR) is 168 cm³/mol. The molecule has 0 bridgehead atoms. The van der Waals surface area contributed by atoms with Gasteiger partial charge in [0.25, 0.3) is 0 Å². The Morgan fingerprint density at radius 1 is 1.02 bits per heavy atom. The molecule has 4 aromatic rings. The lowest BCUT2D eigenvalue weighted by molar-refractivity contribution is 0.0206. The van der Waals surface area contributed by atoms with Crippen molar-refractivity contribution in [3.05, 3.63) is 77.9 Å². The van der Waals surface area contributed by atoms with Crippen LogP contribution in [0.25, 0.3) is 22.0 Å². The Kier molecular flexibility index (Phi) is 8.59. The largest absolute Gasteiger partial charge is 0.488 e. The number of rotatable bonds is 7. The Morgan fingerprint density at radius 3 is 2.51 bits per heavy atom. The van der Waals surface area contributed by atoms with Gasteiger partial charge in [0.2, 0.25) is 0 Å². The molecule has 43 heavy (non-hydrogen) atoms. The summed E-state index contributed by atoms with van der Waals surface area (Å²) >= 11 is 0. The highest BCUT2D eigenvalue weighted by atomic mass is 32.2. The molecule has 1 aromatic heterocycles. The van der Waals surface area contributed by atoms with E-state index in [-0.39, 0.29) is 23.6 Å². The SMILES string of the molecule is Cc1ccc2c(-c3ccc(S(C)(=O)=O)cc3OCc3ccccc3)nnc(N[C@@H]3CCCN(C(=O)OC(C)(C)C)C3)c2c1. The molecule has 2 heterocycles. The molecule has 0 radical (unpaired) electrons. The van der Waals surface area contributed by atoms with Crippen LogP contribution in [-0.2, 0) is 21.2 Å². The van der Waals surface area contributed by atoms with Crippen molar-refractivity contribution in [2.24, 2.45) is 0 Å². The molecule has 0 saturated carbocycles. The van der Waals surface area contributed by atoms with Crippen molar-refractivity contribution in [2.45, 2.75) is 63.7 Å². The van der Waals surface area contributed by atoms with Gasteiger partial charge in [0.05, 0.1) is 4.90 Å². The third-order valence-corrected chi connectivity index (χ3v) is 8.33. The summed E-state index contributed by atoms with van der Waals surface area (Å²) in [5.74, 6) is 1.03. The fourth-order valence-corrected chi connectivity index (χ4v) is 5.77. The first-order valence-corrected chi connectivity index (χ1v) is 16.3. The zero-order chi connectivity index (χ0) is 30.8. The van der Waals surface area contributed by atoms with Gasteiger partial charge in [-0.3, -0.25) is 0 Å². The van der Waals surface area contributed by atoms with E-state index < -0.39 is 15.4 Å². The van der Waals surface area contributed by atoms with Gasteiger partial charge >= 0.3 is 6.09 Å². The fraction of sp³-hybridized carbons (Fsp3) is 0.364. The number of piperidine rings is 1. The van der Waals surface area contributed by atoms with E-state index in [1.165, 1.54) is 6.26 Å². The average molecular weight is 603 g/mol. The molecule has 1 amide bonds. The number of carbonyl (C=O) groups excluding carboxylic acids is 1. The number of amides is 1. The Balaban J connectivity index is 1.49. The van der Waals surface area contributed by atoms with Gasteiger partial charge < -0.3 is 19.7 Å². The van der Waals surface area contributed by atoms with Gasteiger partial charge in [0.1, 0.15) is 23.7 Å². The minimum atomic E-state index is -3.46. The maximum Gasteiger partial charge on any atom is 0.410 e. The first-order valence-electron chi connectivity index (χ1n) is 14.4. The summed E-state index contributed by atoms with van der Waals surface area (Å²) in [6.07, 6.45) is 2.58. The molecule has 9 nitrogen and oxygen atoms in total. The van der Waals surface area contributed by atoms with E-state index in [0.717, 1.165) is 34.7 Å². The molecular formula is C33H38N4O5S. The second-order valence-electron chi connectivity index (χ2n) is 12.1. The number of sulfone groups is 1. The van der Waals surface area contributed by atoms with Gasteiger partial charge in [-0.15, -0.1) is 10.2 Å². The molecule has 0 spiro atoms. The topological polar surface area (TPSA) is 111 Å². The highest BCUT2D eigenvalue weighted by Crippen LogP contribution is 2.37. The van der Waals surface area contributed by atoms with Crippen LogP contribution in [0.5, 0.6) is 5.75 Å². The smallest absolute Gasteiger partial charge is 0.410 e. The number of carbonyl (C=O) groups is 1. The molecule has 1 N–H and O–H groups in total. The lowest BCUT2D eigenvalue weighted by atomic mass is 10.0. The molecule has 1 aliphatic heterocycles. The summed E-state index contributed by atoms with van der Waals surface area (Å²) < 4.78 is 36.6. The first-order chi connectivity index (χ1) is 20.4. The summed E-state index contributed by atoms with van der Waals surface area (Å²) in [5.41, 5.74) is 2.68. The van der Waals surface area contributed by atoms with E-state index in [1.54, 1.807) is 23.1 Å². The van der Waals surface area contributed by atoms with Crippen LogP contribution in [0.1, 0.15) is 44.7 Å². The molecule has 10 heteroatoms. The van der Waals surface area contributed by atoms with E-state index in [1.807, 2.05) is 70.2 Å². The predicted octanol–water partition coefficient (Wildman–Crippen LogP) is 6.40. The highest BCUT2D eigenvalue weighted by Gasteiger charge is 2.28. The van der Waals surface area contributed by atoms with E-state index in [9.17, 15) is 13.2 Å². The number of ether oxygens (including phenoxy) is 2. The zero-order valence-corrected chi connectivity index (χ0v) is 26.1. The van der Waals surface area contributed by atoms with Gasteiger partial charge in [-0.25, -0.2) is 13.2 Å². The van der Waals surface area contributed by atoms with Gasteiger partial charge in [0, 0.05) is 41.7 Å². The monoisotopic (exact) mass is 602 g/mol. The van der Waals surface area contributed by atoms with Crippen LogP contribution in [0.3, 0.4) is 0 Å². The summed E-state index contributed by atoms with van der Waals surface area (Å²) in [4.78, 5) is 14.6. The number of benzene rings is 3. The Labute approximate surface area is 253 Å². The summed E-state index contributed by atoms with van der Waals surface area (Å²) in [7, 11) is -3.46. The van der Waals surface area contributed by atoms with Gasteiger partial charge in [0.15, 0.2) is 15.7 Å². The zero-order valence-electron chi connectivity index (χ0n) is 25.3. The number of hydrogen-bond donors (Lipinski definition) is 1. The minimum absolute atomic E-state index is 0.0241. The normalized spacial score (nSPS) is 15.7. The van der Waals surface area contributed by atoms with E-state index in [4.69, 9.17) is 9.47 Å². The van der Waals surface area contributed by atoms with Crippen LogP contribution in [0.15, 0.2) is 71.6 Å². The minimum Gasteiger partial charge on any atom is -0.488 e. The van der Waals surface area contributed by atoms with Crippen molar-refractivity contribution in [2.75, 3.05) is 24.7 Å². The van der Waals surface area contributed by atoms with Crippen molar-refractivity contribution in [3.63, 3.8) is 0 Å². The number of anilines is 1. The van der Waals surface area contributed by atoms with E-state index >= 15 is 0 Å². The number of aryl methyl sites for hydroxylation is 1. The second kappa shape index (κ2) is 12.2. The van der Waals surface area contributed by atoms with Gasteiger partial charge in [-0.05, 0) is 70.4 Å². The second-order valence-corrected chi connectivity index (χ2v) is 14.1. The van der Waals surface area contributed by atoms with Crippen molar-refractivity contribution in [1.29, 1.82) is 0 Å². The standard InChI is InChI=1S/C33H38N4O5S/c1-22-13-15-26-28(18-22)31(34-24-12-9-17-37(20-24)32(38)42-33(2,3)4)36-35-30(26)27-16-14-25(43(5,39)40)19-29(27)41-21-23-10-7-6-8-11-23/h6-8,10-11,13-16,18-19,24H,9,12,17,20-21H2,1-5H3,(H,34,36)/t24-/m1/s1. The molecule has 3 aromatic carbocycles. The molecule has 1 atom stereocenters. The van der Waals surface area contributed by atoms with Crippen molar-refractivity contribution in [1.82, 2.24) is 15.1 Å². The summed E-state index contributed by atoms with van der Waals surface area (Å²) in [5, 5.41) is 14.5. The molecule has 226 valence electrons. The molecule has 5 rings (SSSR count). The third kappa shape index (κ3) is 7.43. The number of aromatic nitrogens is 2. The average Bonchev–Trinajstić information content (AvgIpc) is 2.95. The van der Waals surface area contributed by atoms with E-state index in [0.29, 0.717) is 35.9 Å². The molecular weight excluding hydrogens is 564 g/mol. The lowest BCUT2D eigenvalue weighted by Gasteiger charge is -2.34. The van der Waals surface area contributed by atoms with Gasteiger partial charge in [-0.2, -0.15) is 0 Å². The van der Waals surface area contributed by atoms with Crippen LogP contribution in [0.4, 0.5) is 10.6 Å². The number of hydrogen-bond acceptors (Lipinski definition) is 8. The number of fused-ring (bicyclic) bond motifs is 1. The van der Waals surface area contributed by atoms with E-state index in [2.05, 4.69) is 21.6 Å². The number of nitrogens with zero attached hydrogens (tertiary/aromatic N) is 3. The van der Waals surface area contributed by atoms with Crippen molar-refractivity contribution in [3.8, 4) is 17.0 Å². The van der Waals surface area contributed by atoms with Crippen LogP contribution in [0.2, 0.25) is 0 Å². The third-order valence-electron chi connectivity index (χ3n) is 7.22. The molecule has 1 fully saturated rings. The van der Waals surface area contributed by atoms with Gasteiger partial charge in [-0.1, -0.05) is 48.0 Å². The number of nitrogens with one attached hydrogen (secondary N) is 1.